The van der Waals surface area contributed by atoms with Crippen molar-refractivity contribution >= 4 is 27.7 Å². The largest absolute Gasteiger partial charge is 0.409 e. The summed E-state index contributed by atoms with van der Waals surface area (Å²) in [6, 6.07) is 5.46. The molecule has 0 atom stereocenters. The Hall–Kier alpha value is -1.56. The molecule has 92 valence electrons. The number of carbonyl (C=O) groups is 1. The molecule has 0 unspecified atom stereocenters. The molecule has 1 aromatic carbocycles. The minimum Gasteiger partial charge on any atom is -0.409 e. The van der Waals surface area contributed by atoms with Gasteiger partial charge in [0.1, 0.15) is 0 Å². The van der Waals surface area contributed by atoms with Crippen LogP contribution in [0.15, 0.2) is 27.8 Å². The molecule has 17 heavy (non-hydrogen) atoms. The number of amidine groups is 1. The molecule has 1 amide bonds. The van der Waals surface area contributed by atoms with Crippen molar-refractivity contribution < 1.29 is 10.0 Å². The van der Waals surface area contributed by atoms with Crippen molar-refractivity contribution in [2.45, 2.75) is 6.92 Å². The van der Waals surface area contributed by atoms with Gasteiger partial charge in [0.2, 0.25) is 0 Å². The number of nitrogens with zero attached hydrogens (tertiary/aromatic N) is 2. The summed E-state index contributed by atoms with van der Waals surface area (Å²) in [6.07, 6.45) is 0. The molecule has 3 N–H and O–H groups in total. The zero-order valence-electron chi connectivity index (χ0n) is 9.64. The van der Waals surface area contributed by atoms with Crippen molar-refractivity contribution in [2.24, 2.45) is 10.9 Å². The van der Waals surface area contributed by atoms with E-state index in [1.165, 1.54) is 4.90 Å². The molecule has 0 saturated heterocycles. The fraction of sp³-hybridized carbons (Fsp3) is 0.273. The molecule has 0 aliphatic heterocycles. The number of oxime groups is 1. The average Bonchev–Trinajstić information content (AvgIpc) is 2.28. The molecule has 0 aliphatic carbocycles. The first-order chi connectivity index (χ1) is 7.95. The maximum Gasteiger partial charge on any atom is 0.255 e. The van der Waals surface area contributed by atoms with Crippen molar-refractivity contribution in [3.63, 3.8) is 0 Å². The Labute approximate surface area is 108 Å². The van der Waals surface area contributed by atoms with Crippen molar-refractivity contribution in [2.75, 3.05) is 13.6 Å². The van der Waals surface area contributed by atoms with E-state index >= 15 is 0 Å². The van der Waals surface area contributed by atoms with Gasteiger partial charge in [-0.1, -0.05) is 11.2 Å². The third kappa shape index (κ3) is 3.45. The van der Waals surface area contributed by atoms with Crippen LogP contribution in [0.2, 0.25) is 0 Å². The second-order valence-electron chi connectivity index (χ2n) is 3.74. The van der Waals surface area contributed by atoms with Crippen molar-refractivity contribution in [1.82, 2.24) is 4.90 Å². The van der Waals surface area contributed by atoms with Crippen LogP contribution in [0.5, 0.6) is 0 Å². The third-order valence-corrected chi connectivity index (χ3v) is 2.89. The quantitative estimate of drug-likeness (QED) is 0.385. The molecule has 0 radical (unpaired) electrons. The van der Waals surface area contributed by atoms with Gasteiger partial charge in [-0.25, -0.2) is 0 Å². The van der Waals surface area contributed by atoms with Crippen LogP contribution < -0.4 is 5.73 Å². The number of hydrogen-bond acceptors (Lipinski definition) is 3. The highest BCUT2D eigenvalue weighted by Gasteiger charge is 2.15. The molecule has 1 aromatic rings. The van der Waals surface area contributed by atoms with Crippen LogP contribution in [0.3, 0.4) is 0 Å². The van der Waals surface area contributed by atoms with E-state index in [0.717, 1.165) is 10.0 Å². The molecule has 0 spiro atoms. The predicted octanol–water partition coefficient (Wildman–Crippen LogP) is 1.58. The lowest BCUT2D eigenvalue weighted by Gasteiger charge is -2.17. The Morgan fingerprint density at radius 2 is 2.24 bits per heavy atom. The van der Waals surface area contributed by atoms with Gasteiger partial charge in [0.25, 0.3) is 5.91 Å². The second kappa shape index (κ2) is 5.67. The summed E-state index contributed by atoms with van der Waals surface area (Å²) < 4.78 is 0.730. The summed E-state index contributed by atoms with van der Waals surface area (Å²) in [5.41, 5.74) is 6.95. The smallest absolute Gasteiger partial charge is 0.255 e. The Morgan fingerprint density at radius 1 is 1.59 bits per heavy atom. The van der Waals surface area contributed by atoms with Crippen LogP contribution in [-0.4, -0.2) is 35.4 Å². The fourth-order valence-corrected chi connectivity index (χ4v) is 2.01. The minimum absolute atomic E-state index is 0.0101. The summed E-state index contributed by atoms with van der Waals surface area (Å²) in [7, 11) is 1.59. The first-order valence-electron chi connectivity index (χ1n) is 4.93. The molecule has 1 rings (SSSR count). The molecule has 0 heterocycles. The summed E-state index contributed by atoms with van der Waals surface area (Å²) in [5, 5.41) is 11.3. The number of nitrogens with two attached hydrogens (primary N) is 1. The molecular formula is C11H14BrN3O2. The number of rotatable bonds is 3. The van der Waals surface area contributed by atoms with Gasteiger partial charge in [-0.05, 0) is 40.5 Å². The van der Waals surface area contributed by atoms with Crippen LogP contribution in [0.4, 0.5) is 0 Å². The van der Waals surface area contributed by atoms with E-state index in [9.17, 15) is 4.79 Å². The summed E-state index contributed by atoms with van der Waals surface area (Å²) in [4.78, 5) is 13.4. The maximum atomic E-state index is 12.0. The fourth-order valence-electron chi connectivity index (χ4n) is 1.35. The number of carbonyl (C=O) groups excluding carboxylic acids is 1. The lowest BCUT2D eigenvalue weighted by atomic mass is 10.1. The van der Waals surface area contributed by atoms with Crippen LogP contribution >= 0.6 is 15.9 Å². The lowest BCUT2D eigenvalue weighted by Crippen LogP contribution is -2.35. The Bertz CT molecular complexity index is 460. The Morgan fingerprint density at radius 3 is 2.76 bits per heavy atom. The monoisotopic (exact) mass is 299 g/mol. The predicted molar refractivity (Wildman–Crippen MR) is 69.2 cm³/mol. The summed E-state index contributed by atoms with van der Waals surface area (Å²) in [6.45, 7) is 2.02. The Balaban J connectivity index is 2.89. The molecule has 0 bridgehead atoms. The molecule has 0 aromatic heterocycles. The minimum atomic E-state index is -0.191. The van der Waals surface area contributed by atoms with Gasteiger partial charge in [-0.15, -0.1) is 0 Å². The van der Waals surface area contributed by atoms with Gasteiger partial charge < -0.3 is 15.8 Å². The molecule has 0 saturated carbocycles. The number of benzene rings is 1. The SMILES string of the molecule is Cc1ccc(C(=O)N(C)C/C(N)=N/O)c(Br)c1. The van der Waals surface area contributed by atoms with Gasteiger partial charge in [0.15, 0.2) is 5.84 Å². The third-order valence-electron chi connectivity index (χ3n) is 2.23. The number of aryl methyl sites for hydroxylation is 1. The zero-order chi connectivity index (χ0) is 13.0. The topological polar surface area (TPSA) is 78.9 Å². The maximum absolute atomic E-state index is 12.0. The standard InChI is InChI=1S/C11H14BrN3O2/c1-7-3-4-8(9(12)5-7)11(16)15(2)6-10(13)14-17/h3-5,17H,6H2,1-2H3,(H2,13,14). The van der Waals surface area contributed by atoms with E-state index in [1.807, 2.05) is 19.1 Å². The number of amides is 1. The van der Waals surface area contributed by atoms with Crippen molar-refractivity contribution in [1.29, 1.82) is 0 Å². The Kier molecular flexibility index (Phi) is 4.51. The van der Waals surface area contributed by atoms with Gasteiger partial charge in [0.05, 0.1) is 12.1 Å². The van der Waals surface area contributed by atoms with Gasteiger partial charge >= 0.3 is 0 Å². The van der Waals surface area contributed by atoms with Gasteiger partial charge in [-0.3, -0.25) is 4.79 Å². The van der Waals surface area contributed by atoms with Crippen molar-refractivity contribution in [3.8, 4) is 0 Å². The van der Waals surface area contributed by atoms with Crippen LogP contribution in [-0.2, 0) is 0 Å². The van der Waals surface area contributed by atoms with Crippen LogP contribution in [0.1, 0.15) is 15.9 Å². The molecular weight excluding hydrogens is 286 g/mol. The average molecular weight is 300 g/mol. The van der Waals surface area contributed by atoms with E-state index < -0.39 is 0 Å². The van der Waals surface area contributed by atoms with E-state index in [0.29, 0.717) is 5.56 Å². The zero-order valence-corrected chi connectivity index (χ0v) is 11.2. The van der Waals surface area contributed by atoms with E-state index in [4.69, 9.17) is 10.9 Å². The molecule has 5 nitrogen and oxygen atoms in total. The molecule has 0 fully saturated rings. The van der Waals surface area contributed by atoms with Gasteiger partial charge in [0, 0.05) is 11.5 Å². The summed E-state index contributed by atoms with van der Waals surface area (Å²) >= 11 is 3.34. The highest BCUT2D eigenvalue weighted by Crippen LogP contribution is 2.19. The summed E-state index contributed by atoms with van der Waals surface area (Å²) in [5.74, 6) is -0.201. The highest BCUT2D eigenvalue weighted by molar-refractivity contribution is 9.10. The lowest BCUT2D eigenvalue weighted by molar-refractivity contribution is 0.0813. The van der Waals surface area contributed by atoms with Gasteiger partial charge in [-0.2, -0.15) is 0 Å². The van der Waals surface area contributed by atoms with Crippen LogP contribution in [0.25, 0.3) is 0 Å². The normalized spacial score (nSPS) is 11.4. The van der Waals surface area contributed by atoms with Crippen LogP contribution in [0, 0.1) is 6.92 Å². The van der Waals surface area contributed by atoms with Crippen molar-refractivity contribution in [3.05, 3.63) is 33.8 Å². The number of likely N-dealkylation sites (N-methyl/N-ethyl adjacent to an activating group) is 1. The number of halogens is 1. The highest BCUT2D eigenvalue weighted by atomic mass is 79.9. The van der Waals surface area contributed by atoms with E-state index in [2.05, 4.69) is 21.1 Å². The molecule has 0 aliphatic rings. The second-order valence-corrected chi connectivity index (χ2v) is 4.59. The first-order valence-corrected chi connectivity index (χ1v) is 5.73. The van der Waals surface area contributed by atoms with E-state index in [-0.39, 0.29) is 18.3 Å². The molecule has 6 heteroatoms. The number of hydrogen-bond donors (Lipinski definition) is 2. The first kappa shape index (κ1) is 13.5. The van der Waals surface area contributed by atoms with E-state index in [1.54, 1.807) is 13.1 Å².